The van der Waals surface area contributed by atoms with Crippen LogP contribution in [0.3, 0.4) is 0 Å². The van der Waals surface area contributed by atoms with Gasteiger partial charge in [-0.3, -0.25) is 13.8 Å². The van der Waals surface area contributed by atoms with E-state index in [0.29, 0.717) is 10.9 Å². The maximum absolute atomic E-state index is 13.5. The molecular formula is C19H14F2N4OS. The number of hydrogen-bond donors (Lipinski definition) is 0. The molecule has 0 aliphatic carbocycles. The van der Waals surface area contributed by atoms with E-state index in [2.05, 4.69) is 10.2 Å². The Morgan fingerprint density at radius 2 is 1.78 bits per heavy atom. The van der Waals surface area contributed by atoms with Crippen LogP contribution in [0, 0.1) is 18.6 Å². The maximum Gasteiger partial charge on any atom is 0.300 e. The van der Waals surface area contributed by atoms with Gasteiger partial charge in [-0.15, -0.1) is 10.2 Å². The molecule has 0 spiro atoms. The predicted octanol–water partition coefficient (Wildman–Crippen LogP) is 3.76. The first-order chi connectivity index (χ1) is 13.0. The van der Waals surface area contributed by atoms with E-state index < -0.39 is 17.2 Å². The Kier molecular flexibility index (Phi) is 4.49. The highest BCUT2D eigenvalue weighted by Crippen LogP contribution is 2.21. The van der Waals surface area contributed by atoms with E-state index in [0.717, 1.165) is 17.7 Å². The van der Waals surface area contributed by atoms with Gasteiger partial charge in [-0.1, -0.05) is 41.6 Å². The molecule has 0 saturated heterocycles. The third-order valence-electron chi connectivity index (χ3n) is 4.11. The van der Waals surface area contributed by atoms with E-state index >= 15 is 0 Å². The van der Waals surface area contributed by atoms with Crippen molar-refractivity contribution in [3.63, 3.8) is 0 Å². The van der Waals surface area contributed by atoms with Crippen LogP contribution < -0.4 is 5.56 Å². The summed E-state index contributed by atoms with van der Waals surface area (Å²) in [4.78, 5) is 12.7. The molecule has 0 fully saturated rings. The van der Waals surface area contributed by atoms with Gasteiger partial charge < -0.3 is 0 Å². The zero-order chi connectivity index (χ0) is 19.0. The highest BCUT2D eigenvalue weighted by molar-refractivity contribution is 7.98. The Labute approximate surface area is 157 Å². The van der Waals surface area contributed by atoms with E-state index in [-0.39, 0.29) is 11.3 Å². The second-order valence-electron chi connectivity index (χ2n) is 6.02. The lowest BCUT2D eigenvalue weighted by Gasteiger charge is -2.07. The van der Waals surface area contributed by atoms with Crippen molar-refractivity contribution >= 4 is 17.4 Å². The van der Waals surface area contributed by atoms with Gasteiger partial charge in [0, 0.05) is 24.2 Å². The van der Waals surface area contributed by atoms with Crippen LogP contribution in [0.4, 0.5) is 8.78 Å². The monoisotopic (exact) mass is 384 g/mol. The smallest absolute Gasteiger partial charge is 0.279 e. The highest BCUT2D eigenvalue weighted by Gasteiger charge is 2.13. The summed E-state index contributed by atoms with van der Waals surface area (Å²) in [5.74, 6) is -1.30. The molecule has 0 atom stereocenters. The quantitative estimate of drug-likeness (QED) is 0.503. The van der Waals surface area contributed by atoms with Crippen molar-refractivity contribution in [1.82, 2.24) is 19.2 Å². The molecule has 4 aromatic rings. The summed E-state index contributed by atoms with van der Waals surface area (Å²) >= 11 is 1.46. The minimum Gasteiger partial charge on any atom is -0.279 e. The van der Waals surface area contributed by atoms with Crippen LogP contribution in [0.25, 0.3) is 11.3 Å². The lowest BCUT2D eigenvalue weighted by atomic mass is 10.2. The van der Waals surface area contributed by atoms with E-state index in [1.54, 1.807) is 10.6 Å². The number of aryl methyl sites for hydroxylation is 1. The Hall–Kier alpha value is -3.00. The average Bonchev–Trinajstić information content (AvgIpc) is 3.08. The van der Waals surface area contributed by atoms with Crippen LogP contribution in [-0.2, 0) is 5.75 Å². The van der Waals surface area contributed by atoms with Crippen molar-refractivity contribution in [1.29, 1.82) is 0 Å². The molecule has 0 radical (unpaired) electrons. The van der Waals surface area contributed by atoms with Crippen molar-refractivity contribution in [2.45, 2.75) is 17.8 Å². The number of nitrogens with zero attached hydrogens (tertiary/aromatic N) is 4. The Bertz CT molecular complexity index is 1180. The van der Waals surface area contributed by atoms with Gasteiger partial charge in [0.2, 0.25) is 5.65 Å². The first-order valence-electron chi connectivity index (χ1n) is 8.13. The molecule has 2 aromatic heterocycles. The third-order valence-corrected chi connectivity index (χ3v) is 5.12. The average molecular weight is 384 g/mol. The fraction of sp³-hybridized carbons (Fsp3) is 0.105. The van der Waals surface area contributed by atoms with Gasteiger partial charge in [-0.05, 0) is 24.6 Å². The van der Waals surface area contributed by atoms with Crippen LogP contribution in [0.15, 0.2) is 64.8 Å². The number of fused-ring (bicyclic) bond motifs is 1. The molecule has 0 aliphatic heterocycles. The Morgan fingerprint density at radius 1 is 1.00 bits per heavy atom. The van der Waals surface area contributed by atoms with Crippen LogP contribution >= 0.6 is 11.8 Å². The maximum atomic E-state index is 13.5. The number of rotatable bonds is 4. The summed E-state index contributed by atoms with van der Waals surface area (Å²) < 4.78 is 29.4. The zero-order valence-corrected chi connectivity index (χ0v) is 15.1. The Balaban J connectivity index is 1.66. The van der Waals surface area contributed by atoms with Crippen molar-refractivity contribution < 1.29 is 8.78 Å². The van der Waals surface area contributed by atoms with Gasteiger partial charge in [0.15, 0.2) is 16.8 Å². The van der Waals surface area contributed by atoms with Crippen LogP contribution in [0.2, 0.25) is 0 Å². The van der Waals surface area contributed by atoms with Gasteiger partial charge in [0.1, 0.15) is 0 Å². The largest absolute Gasteiger partial charge is 0.300 e. The molecule has 5 nitrogen and oxygen atoms in total. The molecule has 0 amide bonds. The molecule has 0 N–H and O–H groups in total. The van der Waals surface area contributed by atoms with Crippen LogP contribution in [-0.4, -0.2) is 19.2 Å². The molecule has 2 aromatic carbocycles. The lowest BCUT2D eigenvalue weighted by molar-refractivity contribution is 0.508. The topological polar surface area (TPSA) is 52.2 Å². The summed E-state index contributed by atoms with van der Waals surface area (Å²) in [6.45, 7) is 2.03. The van der Waals surface area contributed by atoms with E-state index in [4.69, 9.17) is 0 Å². The minimum absolute atomic E-state index is 0.119. The van der Waals surface area contributed by atoms with Crippen molar-refractivity contribution in [2.24, 2.45) is 0 Å². The van der Waals surface area contributed by atoms with Gasteiger partial charge in [-0.2, -0.15) is 0 Å². The van der Waals surface area contributed by atoms with E-state index in [1.165, 1.54) is 34.2 Å². The van der Waals surface area contributed by atoms with Crippen molar-refractivity contribution in [2.75, 3.05) is 0 Å². The van der Waals surface area contributed by atoms with Gasteiger partial charge in [-0.25, -0.2) is 8.78 Å². The summed E-state index contributed by atoms with van der Waals surface area (Å²) in [5, 5.41) is 8.63. The third kappa shape index (κ3) is 3.35. The van der Waals surface area contributed by atoms with Crippen LogP contribution in [0.5, 0.6) is 0 Å². The molecule has 0 aliphatic rings. The fourth-order valence-electron chi connectivity index (χ4n) is 2.63. The van der Waals surface area contributed by atoms with Gasteiger partial charge in [0.25, 0.3) is 0 Å². The molecular weight excluding hydrogens is 370 g/mol. The molecule has 4 rings (SSSR count). The molecule has 0 bridgehead atoms. The SMILES string of the molecule is Cc1ccc(CSc2nnc3c(=O)n(-c4ccc(F)c(F)c4)ccn23)cc1. The zero-order valence-electron chi connectivity index (χ0n) is 14.3. The molecule has 0 unspecified atom stereocenters. The number of halogens is 2. The summed E-state index contributed by atoms with van der Waals surface area (Å²) in [7, 11) is 0. The number of thioether (sulfide) groups is 1. The van der Waals surface area contributed by atoms with Crippen LogP contribution in [0.1, 0.15) is 11.1 Å². The highest BCUT2D eigenvalue weighted by atomic mass is 32.2. The molecule has 0 saturated carbocycles. The van der Waals surface area contributed by atoms with E-state index in [1.807, 2.05) is 31.2 Å². The van der Waals surface area contributed by atoms with Gasteiger partial charge in [0.05, 0.1) is 5.69 Å². The van der Waals surface area contributed by atoms with E-state index in [9.17, 15) is 13.6 Å². The molecule has 8 heteroatoms. The summed E-state index contributed by atoms with van der Waals surface area (Å²) in [5.41, 5.74) is 2.21. The predicted molar refractivity (Wildman–Crippen MR) is 99.2 cm³/mol. The number of benzene rings is 2. The number of hydrogen-bond acceptors (Lipinski definition) is 4. The molecule has 136 valence electrons. The second kappa shape index (κ2) is 6.96. The normalized spacial score (nSPS) is 11.2. The standard InChI is InChI=1S/C19H14F2N4OS/c1-12-2-4-13(5-3-12)11-27-19-23-22-17-18(26)24(8-9-25(17)19)14-6-7-15(20)16(21)10-14/h2-10H,11H2,1H3. The Morgan fingerprint density at radius 3 is 2.52 bits per heavy atom. The molecule has 2 heterocycles. The number of aromatic nitrogens is 4. The van der Waals surface area contributed by atoms with Crippen molar-refractivity contribution in [3.8, 4) is 5.69 Å². The molecule has 27 heavy (non-hydrogen) atoms. The van der Waals surface area contributed by atoms with Crippen molar-refractivity contribution in [3.05, 3.63) is 88.0 Å². The first kappa shape index (κ1) is 17.4. The summed E-state index contributed by atoms with van der Waals surface area (Å²) in [6.07, 6.45) is 3.12. The minimum atomic E-state index is -1.02. The lowest BCUT2D eigenvalue weighted by Crippen LogP contribution is -2.20. The fourth-order valence-corrected chi connectivity index (χ4v) is 3.51. The summed E-state index contributed by atoms with van der Waals surface area (Å²) in [6, 6.07) is 11.4. The van der Waals surface area contributed by atoms with Gasteiger partial charge >= 0.3 is 5.56 Å². The second-order valence-corrected chi connectivity index (χ2v) is 6.96. The first-order valence-corrected chi connectivity index (χ1v) is 9.11.